The average molecular weight is 273 g/mol. The summed E-state index contributed by atoms with van der Waals surface area (Å²) in [6.45, 7) is 6.54. The van der Waals surface area contributed by atoms with Gasteiger partial charge >= 0.3 is 0 Å². The van der Waals surface area contributed by atoms with Crippen molar-refractivity contribution in [1.29, 1.82) is 0 Å². The molecule has 2 bridgehead atoms. The quantitative estimate of drug-likeness (QED) is 0.732. The molecule has 0 aromatic carbocycles. The molecule has 0 aromatic rings. The van der Waals surface area contributed by atoms with Crippen LogP contribution in [0.5, 0.6) is 0 Å². The van der Waals surface area contributed by atoms with Crippen molar-refractivity contribution in [2.24, 2.45) is 0 Å². The fraction of sp³-hybridized carbons (Fsp3) is 1.00. The number of nitrogens with zero attached hydrogens (tertiary/aromatic N) is 1. The van der Waals surface area contributed by atoms with Crippen molar-refractivity contribution in [2.45, 2.75) is 57.1 Å². The molecule has 1 N–H and O–H groups in total. The Bertz CT molecular complexity index is 267. The highest BCUT2D eigenvalue weighted by Gasteiger charge is 2.45. The van der Waals surface area contributed by atoms with Crippen LogP contribution in [0.25, 0.3) is 0 Å². The summed E-state index contributed by atoms with van der Waals surface area (Å²) in [5, 5.41) is 10.9. The monoisotopic (exact) mass is 273 g/mol. The van der Waals surface area contributed by atoms with Crippen molar-refractivity contribution in [2.75, 3.05) is 33.5 Å². The van der Waals surface area contributed by atoms with E-state index in [1.54, 1.807) is 0 Å². The summed E-state index contributed by atoms with van der Waals surface area (Å²) in [5.41, 5.74) is -0.694. The highest BCUT2D eigenvalue weighted by Crippen LogP contribution is 2.36. The average Bonchev–Trinajstić information content (AvgIpc) is 2.32. The molecule has 0 aliphatic carbocycles. The van der Waals surface area contributed by atoms with Gasteiger partial charge in [-0.1, -0.05) is 0 Å². The van der Waals surface area contributed by atoms with Crippen LogP contribution in [0.4, 0.5) is 0 Å². The van der Waals surface area contributed by atoms with Gasteiger partial charge < -0.3 is 19.3 Å². The molecule has 2 rings (SSSR count). The molecule has 0 saturated carbocycles. The van der Waals surface area contributed by atoms with Crippen LogP contribution in [0.15, 0.2) is 0 Å². The molecule has 0 radical (unpaired) electrons. The van der Waals surface area contributed by atoms with Gasteiger partial charge in [0.25, 0.3) is 0 Å². The van der Waals surface area contributed by atoms with E-state index in [2.05, 4.69) is 11.9 Å². The number of ether oxygens (including phenoxy) is 3. The third-order valence-corrected chi connectivity index (χ3v) is 4.26. The van der Waals surface area contributed by atoms with E-state index < -0.39 is 5.60 Å². The number of rotatable bonds is 6. The molecule has 2 aliphatic rings. The summed E-state index contributed by atoms with van der Waals surface area (Å²) >= 11 is 0. The molecule has 2 unspecified atom stereocenters. The zero-order valence-corrected chi connectivity index (χ0v) is 12.3. The highest BCUT2D eigenvalue weighted by atomic mass is 16.7. The van der Waals surface area contributed by atoms with Gasteiger partial charge in [-0.25, -0.2) is 0 Å². The van der Waals surface area contributed by atoms with Gasteiger partial charge in [-0.05, 0) is 33.7 Å². The van der Waals surface area contributed by atoms with Crippen LogP contribution < -0.4 is 0 Å². The lowest BCUT2D eigenvalue weighted by molar-refractivity contribution is -0.196. The Morgan fingerprint density at radius 2 is 1.74 bits per heavy atom. The largest absolute Gasteiger partial charge is 0.390 e. The lowest BCUT2D eigenvalue weighted by Crippen LogP contribution is -2.61. The number of hydrogen-bond acceptors (Lipinski definition) is 5. The number of hydrogen-bond donors (Lipinski definition) is 1. The van der Waals surface area contributed by atoms with Gasteiger partial charge in [0.05, 0.1) is 18.8 Å². The topological polar surface area (TPSA) is 51.2 Å². The van der Waals surface area contributed by atoms with Crippen LogP contribution in [0.1, 0.15) is 33.1 Å². The first-order chi connectivity index (χ1) is 9.08. The van der Waals surface area contributed by atoms with E-state index in [1.807, 2.05) is 13.8 Å². The minimum Gasteiger partial charge on any atom is -0.390 e. The Morgan fingerprint density at radius 1 is 1.21 bits per heavy atom. The van der Waals surface area contributed by atoms with Crippen molar-refractivity contribution in [3.05, 3.63) is 0 Å². The summed E-state index contributed by atoms with van der Waals surface area (Å²) in [5.74, 6) is 0. The van der Waals surface area contributed by atoms with Crippen molar-refractivity contribution in [3.8, 4) is 0 Å². The molecule has 2 saturated heterocycles. The first-order valence-electron chi connectivity index (χ1n) is 7.33. The maximum atomic E-state index is 10.9. The van der Waals surface area contributed by atoms with Gasteiger partial charge in [0.1, 0.15) is 0 Å². The number of piperidine rings is 1. The van der Waals surface area contributed by atoms with Gasteiger partial charge in [0.15, 0.2) is 6.29 Å². The third-order valence-electron chi connectivity index (χ3n) is 4.26. The number of morpholine rings is 1. The Labute approximate surface area is 115 Å². The predicted molar refractivity (Wildman–Crippen MR) is 72.0 cm³/mol. The fourth-order valence-electron chi connectivity index (χ4n) is 3.25. The summed E-state index contributed by atoms with van der Waals surface area (Å²) in [7, 11) is 2.13. The molecular formula is C14H27NO4. The summed E-state index contributed by atoms with van der Waals surface area (Å²) in [6, 6.07) is 0.614. The fourth-order valence-corrected chi connectivity index (χ4v) is 3.25. The SMILES string of the molecule is CCOC(CC1(O)CC2COCC(C1)N2C)OCC. The van der Waals surface area contributed by atoms with Crippen LogP contribution in [-0.4, -0.2) is 67.5 Å². The van der Waals surface area contributed by atoms with E-state index in [0.717, 1.165) is 12.8 Å². The van der Waals surface area contributed by atoms with E-state index in [-0.39, 0.29) is 6.29 Å². The lowest BCUT2D eigenvalue weighted by Gasteiger charge is -2.50. The van der Waals surface area contributed by atoms with E-state index in [1.165, 1.54) is 0 Å². The van der Waals surface area contributed by atoms with Gasteiger partial charge in [-0.2, -0.15) is 0 Å². The van der Waals surface area contributed by atoms with Crippen molar-refractivity contribution < 1.29 is 19.3 Å². The summed E-state index contributed by atoms with van der Waals surface area (Å²) < 4.78 is 16.7. The Morgan fingerprint density at radius 3 is 2.21 bits per heavy atom. The maximum absolute atomic E-state index is 10.9. The van der Waals surface area contributed by atoms with Crippen LogP contribution in [0, 0.1) is 0 Å². The van der Waals surface area contributed by atoms with Crippen LogP contribution in [0.2, 0.25) is 0 Å². The van der Waals surface area contributed by atoms with Gasteiger partial charge in [-0.15, -0.1) is 0 Å². The van der Waals surface area contributed by atoms with E-state index in [4.69, 9.17) is 14.2 Å². The van der Waals surface area contributed by atoms with Crippen molar-refractivity contribution in [3.63, 3.8) is 0 Å². The molecule has 2 heterocycles. The first-order valence-corrected chi connectivity index (χ1v) is 7.33. The molecule has 112 valence electrons. The molecule has 2 fully saturated rings. The zero-order valence-electron chi connectivity index (χ0n) is 12.3. The van der Waals surface area contributed by atoms with Crippen LogP contribution in [-0.2, 0) is 14.2 Å². The minimum absolute atomic E-state index is 0.301. The van der Waals surface area contributed by atoms with Gasteiger partial charge in [0, 0.05) is 31.7 Å². The molecule has 5 nitrogen and oxygen atoms in total. The van der Waals surface area contributed by atoms with E-state index >= 15 is 0 Å². The van der Waals surface area contributed by atoms with Gasteiger partial charge in [-0.3, -0.25) is 4.90 Å². The molecule has 2 atom stereocenters. The summed E-state index contributed by atoms with van der Waals surface area (Å²) in [4.78, 5) is 2.34. The molecular weight excluding hydrogens is 246 g/mol. The molecule has 0 spiro atoms. The number of likely N-dealkylation sites (N-methyl/N-ethyl adjacent to an activating group) is 1. The molecule has 0 amide bonds. The second kappa shape index (κ2) is 6.50. The Kier molecular flexibility index (Phi) is 5.20. The molecule has 2 aliphatic heterocycles. The second-order valence-corrected chi connectivity index (χ2v) is 5.69. The second-order valence-electron chi connectivity index (χ2n) is 5.69. The molecule has 5 heteroatoms. The third kappa shape index (κ3) is 3.67. The summed E-state index contributed by atoms with van der Waals surface area (Å²) in [6.07, 6.45) is 1.72. The van der Waals surface area contributed by atoms with E-state index in [9.17, 15) is 5.11 Å². The lowest BCUT2D eigenvalue weighted by atomic mass is 9.79. The van der Waals surface area contributed by atoms with Crippen molar-refractivity contribution in [1.82, 2.24) is 4.90 Å². The minimum atomic E-state index is -0.694. The molecule has 0 aromatic heterocycles. The van der Waals surface area contributed by atoms with Gasteiger partial charge in [0.2, 0.25) is 0 Å². The smallest absolute Gasteiger partial charge is 0.160 e. The zero-order chi connectivity index (χ0) is 13.9. The number of fused-ring (bicyclic) bond motifs is 2. The Hall–Kier alpha value is -0.200. The Balaban J connectivity index is 1.98. The van der Waals surface area contributed by atoms with Crippen LogP contribution >= 0.6 is 0 Å². The highest BCUT2D eigenvalue weighted by molar-refractivity contribution is 4.98. The molecule has 19 heavy (non-hydrogen) atoms. The van der Waals surface area contributed by atoms with Crippen molar-refractivity contribution >= 4 is 0 Å². The van der Waals surface area contributed by atoms with Crippen LogP contribution in [0.3, 0.4) is 0 Å². The first kappa shape index (κ1) is 15.2. The standard InChI is InChI=1S/C14H27NO4/c1-4-18-13(19-5-2)8-14(16)6-11-9-17-10-12(7-14)15(11)3/h11-13,16H,4-10H2,1-3H3. The normalized spacial score (nSPS) is 35.8. The van der Waals surface area contributed by atoms with E-state index in [0.29, 0.717) is 44.9 Å². The predicted octanol–water partition coefficient (Wildman–Crippen LogP) is 1.000. The maximum Gasteiger partial charge on any atom is 0.160 e. The number of aliphatic hydroxyl groups is 1.